The zero-order chi connectivity index (χ0) is 36.6. The van der Waals surface area contributed by atoms with Crippen molar-refractivity contribution in [2.45, 2.75) is 0 Å². The topological polar surface area (TPSA) is 3.24 Å². The van der Waals surface area contributed by atoms with E-state index in [1.165, 1.54) is 76.8 Å². The van der Waals surface area contributed by atoms with Crippen molar-refractivity contribution in [3.63, 3.8) is 0 Å². The molecule has 0 radical (unpaired) electrons. The molecule has 0 aliphatic rings. The highest BCUT2D eigenvalue weighted by Gasteiger charge is 2.18. The lowest BCUT2D eigenvalue weighted by atomic mass is 9.92. The average Bonchev–Trinajstić information content (AvgIpc) is 3.28. The average molecular weight is 700 g/mol. The van der Waals surface area contributed by atoms with Crippen LogP contribution in [0.25, 0.3) is 76.8 Å². The molecule has 1 heteroatoms. The molecule has 0 saturated heterocycles. The van der Waals surface area contributed by atoms with Crippen LogP contribution in [0.2, 0.25) is 0 Å². The summed E-state index contributed by atoms with van der Waals surface area (Å²) in [5.41, 5.74) is 12.9. The van der Waals surface area contributed by atoms with Gasteiger partial charge in [0.15, 0.2) is 0 Å². The third-order valence-electron chi connectivity index (χ3n) is 10.9. The van der Waals surface area contributed by atoms with Gasteiger partial charge in [0.25, 0.3) is 0 Å². The Morgan fingerprint density at radius 1 is 0.200 bits per heavy atom. The van der Waals surface area contributed by atoms with Crippen LogP contribution < -0.4 is 4.90 Å². The fourth-order valence-corrected chi connectivity index (χ4v) is 8.17. The van der Waals surface area contributed by atoms with E-state index < -0.39 is 0 Å². The number of fused-ring (bicyclic) bond motifs is 6. The van der Waals surface area contributed by atoms with Crippen molar-refractivity contribution in [1.29, 1.82) is 0 Å². The molecule has 10 rings (SSSR count). The van der Waals surface area contributed by atoms with Gasteiger partial charge in [0, 0.05) is 17.1 Å². The van der Waals surface area contributed by atoms with Crippen LogP contribution in [0.5, 0.6) is 0 Å². The molecule has 0 aliphatic carbocycles. The summed E-state index contributed by atoms with van der Waals surface area (Å²) in [6, 6.07) is 81.4. The van der Waals surface area contributed by atoms with E-state index in [4.69, 9.17) is 0 Å². The minimum atomic E-state index is 1.10. The minimum Gasteiger partial charge on any atom is -0.310 e. The van der Waals surface area contributed by atoms with E-state index in [-0.39, 0.29) is 0 Å². The van der Waals surface area contributed by atoms with Gasteiger partial charge in [-0.25, -0.2) is 0 Å². The standard InChI is InChI=1S/C54H37N/c1-4-14-38(15-5-1)40-24-26-43(27-25-40)47-34-32-45(36-53(47)42-18-8-3-9-19-42)55(44-30-28-41(29-31-44)39-16-6-2-7-17-39)46-33-35-52-50-22-11-10-20-48(50)49-21-12-13-23-51(49)54(52)37-46/h1-37H. The van der Waals surface area contributed by atoms with E-state index in [1.54, 1.807) is 0 Å². The van der Waals surface area contributed by atoms with E-state index in [0.29, 0.717) is 0 Å². The molecular formula is C54H37N. The van der Waals surface area contributed by atoms with Gasteiger partial charge in [-0.2, -0.15) is 0 Å². The van der Waals surface area contributed by atoms with Gasteiger partial charge in [0.2, 0.25) is 0 Å². The molecule has 0 amide bonds. The van der Waals surface area contributed by atoms with Crippen LogP contribution in [0, 0.1) is 0 Å². The highest BCUT2D eigenvalue weighted by atomic mass is 15.1. The molecule has 55 heavy (non-hydrogen) atoms. The first-order chi connectivity index (χ1) is 27.3. The molecular weight excluding hydrogens is 663 g/mol. The van der Waals surface area contributed by atoms with Gasteiger partial charge in [-0.1, -0.05) is 188 Å². The fourth-order valence-electron chi connectivity index (χ4n) is 8.17. The van der Waals surface area contributed by atoms with E-state index in [9.17, 15) is 0 Å². The van der Waals surface area contributed by atoms with Crippen LogP contribution in [0.1, 0.15) is 0 Å². The largest absolute Gasteiger partial charge is 0.310 e. The Bertz CT molecular complexity index is 2900. The monoisotopic (exact) mass is 699 g/mol. The number of benzene rings is 10. The summed E-state index contributed by atoms with van der Waals surface area (Å²) in [4.78, 5) is 2.41. The summed E-state index contributed by atoms with van der Waals surface area (Å²) in [5.74, 6) is 0. The highest BCUT2D eigenvalue weighted by Crippen LogP contribution is 2.44. The molecule has 0 spiro atoms. The second kappa shape index (κ2) is 14.0. The second-order valence-corrected chi connectivity index (χ2v) is 14.1. The highest BCUT2D eigenvalue weighted by molar-refractivity contribution is 6.25. The lowest BCUT2D eigenvalue weighted by molar-refractivity contribution is 1.29. The lowest BCUT2D eigenvalue weighted by Crippen LogP contribution is -2.10. The van der Waals surface area contributed by atoms with E-state index in [1.807, 2.05) is 0 Å². The third kappa shape index (κ3) is 6.02. The molecule has 0 aromatic heterocycles. The normalized spacial score (nSPS) is 11.3. The molecule has 10 aromatic carbocycles. The SMILES string of the molecule is c1ccc(-c2ccc(-c3ccc(N(c4ccc(-c5ccccc5)cc4)c4ccc5c6ccccc6c6ccccc6c5c4)cc3-c3ccccc3)cc2)cc1. The summed E-state index contributed by atoms with van der Waals surface area (Å²) < 4.78 is 0. The number of hydrogen-bond acceptors (Lipinski definition) is 1. The van der Waals surface area contributed by atoms with E-state index in [0.717, 1.165) is 17.1 Å². The number of nitrogens with zero attached hydrogens (tertiary/aromatic N) is 1. The molecule has 258 valence electrons. The Hall–Kier alpha value is -7.22. The summed E-state index contributed by atoms with van der Waals surface area (Å²) in [7, 11) is 0. The van der Waals surface area contributed by atoms with E-state index in [2.05, 4.69) is 229 Å². The molecule has 0 saturated carbocycles. The molecule has 0 aliphatic heterocycles. The first-order valence-corrected chi connectivity index (χ1v) is 18.9. The van der Waals surface area contributed by atoms with Crippen LogP contribution in [-0.2, 0) is 0 Å². The van der Waals surface area contributed by atoms with Crippen molar-refractivity contribution in [3.05, 3.63) is 224 Å². The van der Waals surface area contributed by atoms with Gasteiger partial charge < -0.3 is 4.90 Å². The van der Waals surface area contributed by atoms with Crippen molar-refractivity contribution in [3.8, 4) is 44.5 Å². The summed E-state index contributed by atoms with van der Waals surface area (Å²) in [5, 5.41) is 7.60. The summed E-state index contributed by atoms with van der Waals surface area (Å²) in [6.45, 7) is 0. The fraction of sp³-hybridized carbons (Fsp3) is 0. The zero-order valence-electron chi connectivity index (χ0n) is 30.3. The number of anilines is 3. The van der Waals surface area contributed by atoms with Crippen LogP contribution in [-0.4, -0.2) is 0 Å². The van der Waals surface area contributed by atoms with Gasteiger partial charge in [0.1, 0.15) is 0 Å². The smallest absolute Gasteiger partial charge is 0.0468 e. The van der Waals surface area contributed by atoms with Crippen LogP contribution in [0.3, 0.4) is 0 Å². The Morgan fingerprint density at radius 2 is 0.545 bits per heavy atom. The zero-order valence-corrected chi connectivity index (χ0v) is 30.3. The van der Waals surface area contributed by atoms with Crippen molar-refractivity contribution in [2.24, 2.45) is 0 Å². The summed E-state index contributed by atoms with van der Waals surface area (Å²) in [6.07, 6.45) is 0. The maximum atomic E-state index is 2.41. The number of hydrogen-bond donors (Lipinski definition) is 0. The predicted octanol–water partition coefficient (Wildman–Crippen LogP) is 15.3. The molecule has 10 aromatic rings. The molecule has 0 N–H and O–H groups in total. The maximum absolute atomic E-state index is 2.41. The summed E-state index contributed by atoms with van der Waals surface area (Å²) >= 11 is 0. The van der Waals surface area contributed by atoms with Gasteiger partial charge in [0.05, 0.1) is 0 Å². The number of rotatable bonds is 7. The lowest BCUT2D eigenvalue weighted by Gasteiger charge is -2.27. The molecule has 0 unspecified atom stereocenters. The van der Waals surface area contributed by atoms with Gasteiger partial charge in [-0.3, -0.25) is 0 Å². The quantitative estimate of drug-likeness (QED) is 0.150. The van der Waals surface area contributed by atoms with Crippen molar-refractivity contribution >= 4 is 49.4 Å². The Labute approximate surface area is 322 Å². The van der Waals surface area contributed by atoms with Crippen molar-refractivity contribution in [1.82, 2.24) is 0 Å². The molecule has 0 heterocycles. The first kappa shape index (κ1) is 32.4. The molecule has 1 nitrogen and oxygen atoms in total. The van der Waals surface area contributed by atoms with Crippen LogP contribution in [0.15, 0.2) is 224 Å². The van der Waals surface area contributed by atoms with Crippen molar-refractivity contribution in [2.75, 3.05) is 4.90 Å². The Morgan fingerprint density at radius 3 is 1.09 bits per heavy atom. The van der Waals surface area contributed by atoms with Gasteiger partial charge >= 0.3 is 0 Å². The molecule has 0 bridgehead atoms. The maximum Gasteiger partial charge on any atom is 0.0468 e. The first-order valence-electron chi connectivity index (χ1n) is 18.9. The van der Waals surface area contributed by atoms with E-state index >= 15 is 0 Å². The van der Waals surface area contributed by atoms with Crippen LogP contribution in [0.4, 0.5) is 17.1 Å². The second-order valence-electron chi connectivity index (χ2n) is 14.1. The molecule has 0 fully saturated rings. The predicted molar refractivity (Wildman–Crippen MR) is 235 cm³/mol. The Balaban J connectivity index is 1.17. The molecule has 0 atom stereocenters. The van der Waals surface area contributed by atoms with Gasteiger partial charge in [-0.15, -0.1) is 0 Å². The van der Waals surface area contributed by atoms with Crippen LogP contribution >= 0.6 is 0 Å². The minimum absolute atomic E-state index is 1.10. The third-order valence-corrected chi connectivity index (χ3v) is 10.9. The van der Waals surface area contributed by atoms with Crippen molar-refractivity contribution < 1.29 is 0 Å². The van der Waals surface area contributed by atoms with Gasteiger partial charge in [-0.05, 0) is 113 Å². The Kier molecular flexibility index (Phi) is 8.24.